The summed E-state index contributed by atoms with van der Waals surface area (Å²) in [6, 6.07) is 7.86. The number of aromatic amines is 1. The molecule has 1 fully saturated rings. The molecule has 5 heteroatoms. The number of nitrogens with one attached hydrogen (secondary N) is 1. The highest BCUT2D eigenvalue weighted by Crippen LogP contribution is 2.14. The van der Waals surface area contributed by atoms with Crippen LogP contribution in [0.4, 0.5) is 0 Å². The maximum absolute atomic E-state index is 12.0. The van der Waals surface area contributed by atoms with Crippen LogP contribution in [-0.4, -0.2) is 46.8 Å². The second-order valence-electron chi connectivity index (χ2n) is 6.12. The summed E-state index contributed by atoms with van der Waals surface area (Å²) < 4.78 is 7.56. The van der Waals surface area contributed by atoms with E-state index in [1.54, 1.807) is 0 Å². The Bertz CT molecular complexity index is 696. The molecule has 1 aromatic carbocycles. The number of rotatable bonds is 7. The number of para-hydroxylation sites is 2. The summed E-state index contributed by atoms with van der Waals surface area (Å²) in [5, 5.41) is 0. The van der Waals surface area contributed by atoms with Crippen molar-refractivity contribution < 1.29 is 4.74 Å². The summed E-state index contributed by atoms with van der Waals surface area (Å²) in [6.45, 7) is 8.27. The summed E-state index contributed by atoms with van der Waals surface area (Å²) in [5.74, 6) is 0. The molecule has 1 N–H and O–H groups in total. The van der Waals surface area contributed by atoms with Crippen molar-refractivity contribution in [2.75, 3.05) is 26.2 Å². The number of ether oxygens (including phenoxy) is 1. The molecule has 1 saturated heterocycles. The molecular weight excluding hydrogens is 290 g/mol. The van der Waals surface area contributed by atoms with Gasteiger partial charge in [0.15, 0.2) is 0 Å². The van der Waals surface area contributed by atoms with Gasteiger partial charge in [-0.25, -0.2) is 4.79 Å². The van der Waals surface area contributed by atoms with Gasteiger partial charge in [0.25, 0.3) is 0 Å². The first-order valence-corrected chi connectivity index (χ1v) is 8.40. The number of imidazole rings is 1. The summed E-state index contributed by atoms with van der Waals surface area (Å²) >= 11 is 0. The summed E-state index contributed by atoms with van der Waals surface area (Å²) in [7, 11) is 0. The van der Waals surface area contributed by atoms with Crippen LogP contribution >= 0.6 is 0 Å². The lowest BCUT2D eigenvalue weighted by Gasteiger charge is -2.31. The first-order chi connectivity index (χ1) is 11.3. The molecule has 1 aliphatic rings. The molecule has 0 atom stereocenters. The van der Waals surface area contributed by atoms with Gasteiger partial charge in [-0.05, 0) is 37.9 Å². The van der Waals surface area contributed by atoms with Crippen LogP contribution in [0.1, 0.15) is 19.3 Å². The third-order valence-corrected chi connectivity index (χ3v) is 4.52. The first-order valence-electron chi connectivity index (χ1n) is 8.40. The van der Waals surface area contributed by atoms with Gasteiger partial charge in [0.1, 0.15) is 0 Å². The SMILES string of the molecule is C=CCOC1CCN(CCCn2c(=O)[nH]c3ccccc32)CC1. The van der Waals surface area contributed by atoms with E-state index in [2.05, 4.69) is 16.5 Å². The van der Waals surface area contributed by atoms with Gasteiger partial charge in [-0.1, -0.05) is 18.2 Å². The topological polar surface area (TPSA) is 50.3 Å². The summed E-state index contributed by atoms with van der Waals surface area (Å²) in [6.07, 6.45) is 5.34. The molecule has 0 saturated carbocycles. The minimum absolute atomic E-state index is 0.0114. The largest absolute Gasteiger partial charge is 0.374 e. The lowest BCUT2D eigenvalue weighted by molar-refractivity contribution is 0.0217. The zero-order valence-electron chi connectivity index (χ0n) is 13.5. The van der Waals surface area contributed by atoms with Crippen molar-refractivity contribution in [1.29, 1.82) is 0 Å². The molecule has 2 heterocycles. The predicted octanol–water partition coefficient (Wildman–Crippen LogP) is 2.39. The molecule has 0 unspecified atom stereocenters. The molecule has 0 bridgehead atoms. The Morgan fingerprint density at radius 1 is 1.26 bits per heavy atom. The Kier molecular flexibility index (Phi) is 5.31. The smallest absolute Gasteiger partial charge is 0.326 e. The van der Waals surface area contributed by atoms with Crippen molar-refractivity contribution >= 4 is 11.0 Å². The molecule has 0 radical (unpaired) electrons. The highest BCUT2D eigenvalue weighted by Gasteiger charge is 2.18. The quantitative estimate of drug-likeness (QED) is 0.798. The Morgan fingerprint density at radius 3 is 2.83 bits per heavy atom. The molecular formula is C18H25N3O2. The van der Waals surface area contributed by atoms with Gasteiger partial charge in [-0.15, -0.1) is 6.58 Å². The Labute approximate surface area is 136 Å². The van der Waals surface area contributed by atoms with Crippen molar-refractivity contribution in [2.45, 2.75) is 31.9 Å². The first kappa shape index (κ1) is 16.0. The van der Waals surface area contributed by atoms with Gasteiger partial charge >= 0.3 is 5.69 Å². The van der Waals surface area contributed by atoms with Gasteiger partial charge < -0.3 is 14.6 Å². The Hall–Kier alpha value is -1.85. The highest BCUT2D eigenvalue weighted by atomic mass is 16.5. The fourth-order valence-corrected chi connectivity index (χ4v) is 3.28. The van der Waals surface area contributed by atoms with Crippen molar-refractivity contribution in [3.8, 4) is 0 Å². The van der Waals surface area contributed by atoms with Gasteiger partial charge in [-0.2, -0.15) is 0 Å². The van der Waals surface area contributed by atoms with Crippen molar-refractivity contribution in [3.63, 3.8) is 0 Å². The van der Waals surface area contributed by atoms with E-state index < -0.39 is 0 Å². The summed E-state index contributed by atoms with van der Waals surface area (Å²) in [5.41, 5.74) is 1.90. The molecule has 23 heavy (non-hydrogen) atoms. The fourth-order valence-electron chi connectivity index (χ4n) is 3.28. The number of fused-ring (bicyclic) bond motifs is 1. The van der Waals surface area contributed by atoms with Crippen molar-refractivity contribution in [3.05, 3.63) is 47.4 Å². The van der Waals surface area contributed by atoms with Crippen LogP contribution in [-0.2, 0) is 11.3 Å². The van der Waals surface area contributed by atoms with Crippen LogP contribution in [0, 0.1) is 0 Å². The van der Waals surface area contributed by atoms with E-state index in [0.29, 0.717) is 12.7 Å². The van der Waals surface area contributed by atoms with E-state index in [-0.39, 0.29) is 5.69 Å². The molecule has 2 aromatic rings. The average Bonchev–Trinajstić information content (AvgIpc) is 2.90. The number of likely N-dealkylation sites (tertiary alicyclic amines) is 1. The van der Waals surface area contributed by atoms with Crippen LogP contribution in [0.2, 0.25) is 0 Å². The van der Waals surface area contributed by atoms with Crippen LogP contribution in [0.5, 0.6) is 0 Å². The van der Waals surface area contributed by atoms with Crippen molar-refractivity contribution in [2.24, 2.45) is 0 Å². The molecule has 124 valence electrons. The number of hydrogen-bond acceptors (Lipinski definition) is 3. The van der Waals surface area contributed by atoms with Crippen LogP contribution in [0.25, 0.3) is 11.0 Å². The van der Waals surface area contributed by atoms with Crippen molar-refractivity contribution in [1.82, 2.24) is 14.5 Å². The minimum atomic E-state index is -0.0114. The third-order valence-electron chi connectivity index (χ3n) is 4.52. The molecule has 1 aliphatic heterocycles. The van der Waals surface area contributed by atoms with Gasteiger partial charge in [-0.3, -0.25) is 4.57 Å². The van der Waals surface area contributed by atoms with Crippen LogP contribution < -0.4 is 5.69 Å². The van der Waals surface area contributed by atoms with E-state index in [9.17, 15) is 4.79 Å². The third kappa shape index (κ3) is 3.92. The van der Waals surface area contributed by atoms with E-state index >= 15 is 0 Å². The second kappa shape index (κ2) is 7.62. The predicted molar refractivity (Wildman–Crippen MR) is 92.8 cm³/mol. The molecule has 1 aromatic heterocycles. The number of aromatic nitrogens is 2. The Morgan fingerprint density at radius 2 is 2.04 bits per heavy atom. The maximum Gasteiger partial charge on any atom is 0.326 e. The Balaban J connectivity index is 1.47. The fraction of sp³-hybridized carbons (Fsp3) is 0.500. The monoisotopic (exact) mass is 315 g/mol. The van der Waals surface area contributed by atoms with Gasteiger partial charge in [0, 0.05) is 19.6 Å². The lowest BCUT2D eigenvalue weighted by atomic mass is 10.1. The minimum Gasteiger partial charge on any atom is -0.374 e. The second-order valence-corrected chi connectivity index (χ2v) is 6.12. The molecule has 5 nitrogen and oxygen atoms in total. The number of aryl methyl sites for hydroxylation is 1. The highest BCUT2D eigenvalue weighted by molar-refractivity contribution is 5.74. The molecule has 0 aliphatic carbocycles. The van der Waals surface area contributed by atoms with Gasteiger partial charge in [0.2, 0.25) is 0 Å². The normalized spacial score (nSPS) is 16.9. The maximum atomic E-state index is 12.0. The van der Waals surface area contributed by atoms with E-state index in [0.717, 1.165) is 56.5 Å². The zero-order valence-corrected chi connectivity index (χ0v) is 13.5. The van der Waals surface area contributed by atoms with Gasteiger partial charge in [0.05, 0.1) is 23.7 Å². The number of benzene rings is 1. The lowest BCUT2D eigenvalue weighted by Crippen LogP contribution is -2.38. The van der Waals surface area contributed by atoms with E-state index in [1.165, 1.54) is 0 Å². The van der Waals surface area contributed by atoms with E-state index in [4.69, 9.17) is 4.74 Å². The number of hydrogen-bond donors (Lipinski definition) is 1. The number of piperidine rings is 1. The number of H-pyrrole nitrogens is 1. The molecule has 0 amide bonds. The molecule has 3 rings (SSSR count). The average molecular weight is 315 g/mol. The van der Waals surface area contributed by atoms with Crippen LogP contribution in [0.15, 0.2) is 41.7 Å². The van der Waals surface area contributed by atoms with E-state index in [1.807, 2.05) is 34.9 Å². The number of nitrogens with zero attached hydrogens (tertiary/aromatic N) is 2. The zero-order chi connectivity index (χ0) is 16.1. The van der Waals surface area contributed by atoms with Crippen LogP contribution in [0.3, 0.4) is 0 Å². The molecule has 0 spiro atoms. The standard InChI is InChI=1S/C18H25N3O2/c1-2-14-23-15-8-12-20(13-9-15)10-5-11-21-17-7-4-3-6-16(17)19-18(21)22/h2-4,6-7,15H,1,5,8-14H2,(H,19,22). The summed E-state index contributed by atoms with van der Waals surface area (Å²) in [4.78, 5) is 17.4.